The summed E-state index contributed by atoms with van der Waals surface area (Å²) >= 11 is 0. The molecule has 8 heavy (non-hydrogen) atoms. The zero-order valence-electron chi connectivity index (χ0n) is 4.52. The molecule has 1 heterocycles. The lowest BCUT2D eigenvalue weighted by molar-refractivity contribution is 0.318. The van der Waals surface area contributed by atoms with Crippen molar-refractivity contribution < 1.29 is 4.39 Å². The van der Waals surface area contributed by atoms with Gasteiger partial charge in [-0.1, -0.05) is 0 Å². The largest absolute Gasteiger partial charge is 0.386 e. The van der Waals surface area contributed by atoms with E-state index >= 15 is 0 Å². The molecule has 1 aliphatic heterocycles. The van der Waals surface area contributed by atoms with E-state index in [0.29, 0.717) is 18.8 Å². The van der Waals surface area contributed by atoms with Gasteiger partial charge in [0.05, 0.1) is 5.82 Å². The number of alkyl halides is 1. The zero-order valence-corrected chi connectivity index (χ0v) is 4.52. The van der Waals surface area contributed by atoms with E-state index in [2.05, 4.69) is 5.32 Å². The zero-order chi connectivity index (χ0) is 5.98. The molecule has 1 rings (SSSR count). The van der Waals surface area contributed by atoms with Gasteiger partial charge in [-0.2, -0.15) is 0 Å². The Morgan fingerprint density at radius 2 is 2.62 bits per heavy atom. The summed E-state index contributed by atoms with van der Waals surface area (Å²) in [6, 6.07) is 0. The molecule has 0 bridgehead atoms. The molecule has 0 aromatic carbocycles. The highest BCUT2D eigenvalue weighted by Crippen LogP contribution is 2.03. The number of rotatable bonds is 0. The second kappa shape index (κ2) is 2.03. The first-order chi connectivity index (χ1) is 3.79. The van der Waals surface area contributed by atoms with E-state index in [1.807, 2.05) is 0 Å². The molecule has 1 unspecified atom stereocenters. The lowest BCUT2D eigenvalue weighted by atomic mass is 10.2. The van der Waals surface area contributed by atoms with Crippen LogP contribution in [0, 0.1) is 0 Å². The van der Waals surface area contributed by atoms with E-state index in [-0.39, 0.29) is 0 Å². The average Bonchev–Trinajstić information content (AvgIpc) is 1.77. The molecule has 0 saturated carbocycles. The van der Waals surface area contributed by atoms with Crippen LogP contribution in [0.4, 0.5) is 4.39 Å². The van der Waals surface area contributed by atoms with Crippen LogP contribution in [-0.2, 0) is 0 Å². The van der Waals surface area contributed by atoms with Crippen LogP contribution in [0.15, 0.2) is 11.9 Å². The molecule has 3 N–H and O–H groups in total. The highest BCUT2D eigenvalue weighted by atomic mass is 19.1. The van der Waals surface area contributed by atoms with E-state index in [1.165, 1.54) is 0 Å². The maximum Gasteiger partial charge on any atom is 0.121 e. The second-order valence-electron chi connectivity index (χ2n) is 1.87. The van der Waals surface area contributed by atoms with E-state index in [4.69, 9.17) is 5.73 Å². The van der Waals surface area contributed by atoms with Crippen LogP contribution in [-0.4, -0.2) is 12.7 Å². The smallest absolute Gasteiger partial charge is 0.121 e. The fraction of sp³-hybridized carbons (Fsp3) is 0.600. The van der Waals surface area contributed by atoms with E-state index in [1.54, 1.807) is 6.08 Å². The van der Waals surface area contributed by atoms with Crippen molar-refractivity contribution in [3.05, 3.63) is 11.9 Å². The maximum absolute atomic E-state index is 12.2. The number of nitrogens with two attached hydrogens (primary N) is 1. The van der Waals surface area contributed by atoms with E-state index in [9.17, 15) is 4.39 Å². The lowest BCUT2D eigenvalue weighted by Gasteiger charge is -2.14. The molecule has 0 saturated heterocycles. The highest BCUT2D eigenvalue weighted by Gasteiger charge is 2.08. The molecule has 0 spiro atoms. The van der Waals surface area contributed by atoms with Gasteiger partial charge in [-0.3, -0.25) is 0 Å². The van der Waals surface area contributed by atoms with Gasteiger partial charge in [0.25, 0.3) is 0 Å². The Hall–Kier alpha value is -0.730. The fourth-order valence-electron chi connectivity index (χ4n) is 0.639. The van der Waals surface area contributed by atoms with Crippen molar-refractivity contribution in [3.63, 3.8) is 0 Å². The van der Waals surface area contributed by atoms with Gasteiger partial charge in [-0.05, 0) is 6.08 Å². The molecule has 0 aromatic rings. The molecule has 3 heteroatoms. The Kier molecular flexibility index (Phi) is 1.37. The van der Waals surface area contributed by atoms with E-state index in [0.717, 1.165) is 0 Å². The van der Waals surface area contributed by atoms with Crippen LogP contribution >= 0.6 is 0 Å². The molecule has 46 valence electrons. The monoisotopic (exact) mass is 116 g/mol. The summed E-state index contributed by atoms with van der Waals surface area (Å²) < 4.78 is 12.2. The number of halogens is 1. The van der Waals surface area contributed by atoms with Crippen molar-refractivity contribution in [2.45, 2.75) is 12.6 Å². The Morgan fingerprint density at radius 3 is 3.00 bits per heavy atom. The molecule has 0 fully saturated rings. The summed E-state index contributed by atoms with van der Waals surface area (Å²) in [4.78, 5) is 0. The van der Waals surface area contributed by atoms with Crippen LogP contribution in [0.1, 0.15) is 6.42 Å². The summed E-state index contributed by atoms with van der Waals surface area (Å²) in [5.74, 6) is 0.596. The summed E-state index contributed by atoms with van der Waals surface area (Å²) in [5.41, 5.74) is 5.28. The molecular weight excluding hydrogens is 107 g/mol. The molecule has 1 atom stereocenters. The Morgan fingerprint density at radius 1 is 1.88 bits per heavy atom. The molecule has 0 aliphatic carbocycles. The number of allylic oxidation sites excluding steroid dienone is 1. The van der Waals surface area contributed by atoms with Gasteiger partial charge >= 0.3 is 0 Å². The first-order valence-electron chi connectivity index (χ1n) is 2.62. The standard InChI is InChI=1S/C5H9FN2/c6-4-1-2-5(7)8-3-4/h2,4,8H,1,3,7H2. The Labute approximate surface area is 47.6 Å². The van der Waals surface area contributed by atoms with Gasteiger partial charge in [0, 0.05) is 13.0 Å². The van der Waals surface area contributed by atoms with Crippen LogP contribution in [0.25, 0.3) is 0 Å². The van der Waals surface area contributed by atoms with Crippen LogP contribution in [0.3, 0.4) is 0 Å². The molecule has 0 amide bonds. The van der Waals surface area contributed by atoms with Gasteiger partial charge in [-0.25, -0.2) is 4.39 Å². The summed E-state index contributed by atoms with van der Waals surface area (Å²) in [6.45, 7) is 0.363. The first kappa shape index (κ1) is 5.41. The third-order valence-electron chi connectivity index (χ3n) is 1.12. The SMILES string of the molecule is NC1=CCC(F)CN1. The second-order valence-corrected chi connectivity index (χ2v) is 1.87. The van der Waals surface area contributed by atoms with Gasteiger partial charge in [0.15, 0.2) is 0 Å². The summed E-state index contributed by atoms with van der Waals surface area (Å²) in [7, 11) is 0. The Bertz CT molecular complexity index is 111. The number of hydrogen-bond acceptors (Lipinski definition) is 2. The molecule has 0 radical (unpaired) electrons. The van der Waals surface area contributed by atoms with Gasteiger partial charge in [0.1, 0.15) is 6.17 Å². The minimum Gasteiger partial charge on any atom is -0.386 e. The fourth-order valence-corrected chi connectivity index (χ4v) is 0.639. The third-order valence-corrected chi connectivity index (χ3v) is 1.12. The minimum absolute atomic E-state index is 0.363. The number of nitrogens with one attached hydrogen (secondary N) is 1. The first-order valence-corrected chi connectivity index (χ1v) is 2.62. The van der Waals surface area contributed by atoms with Crippen molar-refractivity contribution in [2.24, 2.45) is 5.73 Å². The Balaban J connectivity index is 2.42. The van der Waals surface area contributed by atoms with Crippen molar-refractivity contribution in [1.29, 1.82) is 0 Å². The van der Waals surface area contributed by atoms with Crippen LogP contribution in [0.5, 0.6) is 0 Å². The van der Waals surface area contributed by atoms with Gasteiger partial charge < -0.3 is 11.1 Å². The van der Waals surface area contributed by atoms with Crippen molar-refractivity contribution in [3.8, 4) is 0 Å². The van der Waals surface area contributed by atoms with Crippen LogP contribution < -0.4 is 11.1 Å². The van der Waals surface area contributed by atoms with Gasteiger partial charge in [-0.15, -0.1) is 0 Å². The van der Waals surface area contributed by atoms with Crippen molar-refractivity contribution in [1.82, 2.24) is 5.32 Å². The third kappa shape index (κ3) is 1.12. The summed E-state index contributed by atoms with van der Waals surface area (Å²) in [5, 5.41) is 2.70. The summed E-state index contributed by atoms with van der Waals surface area (Å²) in [6.07, 6.45) is 1.37. The maximum atomic E-state index is 12.2. The average molecular weight is 116 g/mol. The normalized spacial score (nSPS) is 28.6. The van der Waals surface area contributed by atoms with Crippen molar-refractivity contribution in [2.75, 3.05) is 6.54 Å². The molecule has 0 aromatic heterocycles. The van der Waals surface area contributed by atoms with Crippen LogP contribution in [0.2, 0.25) is 0 Å². The van der Waals surface area contributed by atoms with Gasteiger partial charge in [0.2, 0.25) is 0 Å². The predicted molar refractivity (Wildman–Crippen MR) is 29.8 cm³/mol. The molecule has 2 nitrogen and oxygen atoms in total. The highest BCUT2D eigenvalue weighted by molar-refractivity contribution is 4.99. The topological polar surface area (TPSA) is 38.0 Å². The molecule has 1 aliphatic rings. The lowest BCUT2D eigenvalue weighted by Crippen LogP contribution is -2.31. The van der Waals surface area contributed by atoms with E-state index < -0.39 is 6.17 Å². The number of hydrogen-bond donors (Lipinski definition) is 2. The predicted octanol–water partition coefficient (Wildman–Crippen LogP) is 0.118. The quantitative estimate of drug-likeness (QED) is 0.471. The van der Waals surface area contributed by atoms with Crippen molar-refractivity contribution >= 4 is 0 Å². The molecular formula is C5H9FN2. The minimum atomic E-state index is -0.748.